The maximum atomic E-state index is 12.3. The number of methoxy groups -OCH3 is 1. The molecule has 1 aliphatic carbocycles. The Morgan fingerprint density at radius 3 is 2.96 bits per heavy atom. The number of anilines is 1. The van der Waals surface area contributed by atoms with Crippen LogP contribution in [0.25, 0.3) is 5.69 Å². The predicted molar refractivity (Wildman–Crippen MR) is 87.3 cm³/mol. The number of nitrogens with one attached hydrogen (secondary N) is 2. The zero-order valence-corrected chi connectivity index (χ0v) is 13.5. The zero-order chi connectivity index (χ0) is 16.5. The first kappa shape index (κ1) is 15.1. The minimum absolute atomic E-state index is 0.0191. The van der Waals surface area contributed by atoms with Crippen molar-refractivity contribution in [2.24, 2.45) is 5.92 Å². The second kappa shape index (κ2) is 6.20. The van der Waals surface area contributed by atoms with Crippen LogP contribution in [0.4, 0.5) is 5.69 Å². The summed E-state index contributed by atoms with van der Waals surface area (Å²) in [5, 5.41) is 18.2. The largest absolute Gasteiger partial charge is 0.494 e. The van der Waals surface area contributed by atoms with Crippen LogP contribution in [-0.2, 0) is 4.79 Å². The Morgan fingerprint density at radius 1 is 1.38 bits per heavy atom. The van der Waals surface area contributed by atoms with E-state index >= 15 is 0 Å². The summed E-state index contributed by atoms with van der Waals surface area (Å²) >= 11 is 0. The fourth-order valence-corrected chi connectivity index (χ4v) is 3.02. The van der Waals surface area contributed by atoms with Gasteiger partial charge in [-0.15, -0.1) is 5.10 Å². The maximum Gasteiger partial charge on any atom is 0.228 e. The van der Waals surface area contributed by atoms with E-state index in [1.807, 2.05) is 18.2 Å². The van der Waals surface area contributed by atoms with Crippen LogP contribution in [0.2, 0.25) is 0 Å². The highest BCUT2D eigenvalue weighted by atomic mass is 16.5. The second-order valence-electron chi connectivity index (χ2n) is 6.29. The van der Waals surface area contributed by atoms with E-state index in [0.717, 1.165) is 49.6 Å². The van der Waals surface area contributed by atoms with Gasteiger partial charge in [0.25, 0.3) is 0 Å². The fraction of sp³-hybridized carbons (Fsp3) is 0.500. The van der Waals surface area contributed by atoms with Crippen molar-refractivity contribution in [3.63, 3.8) is 0 Å². The molecule has 0 radical (unpaired) electrons. The average molecular weight is 328 g/mol. The van der Waals surface area contributed by atoms with E-state index in [2.05, 4.69) is 26.2 Å². The van der Waals surface area contributed by atoms with Crippen molar-refractivity contribution in [2.75, 3.05) is 25.5 Å². The summed E-state index contributed by atoms with van der Waals surface area (Å²) in [5.41, 5.74) is 1.46. The van der Waals surface area contributed by atoms with E-state index in [1.54, 1.807) is 11.8 Å². The van der Waals surface area contributed by atoms with Crippen LogP contribution in [0.1, 0.15) is 31.0 Å². The van der Waals surface area contributed by atoms with E-state index in [0.29, 0.717) is 11.7 Å². The molecular weight excluding hydrogens is 308 g/mol. The second-order valence-corrected chi connectivity index (χ2v) is 6.29. The van der Waals surface area contributed by atoms with Crippen molar-refractivity contribution in [2.45, 2.75) is 25.2 Å². The van der Waals surface area contributed by atoms with E-state index in [1.165, 1.54) is 0 Å². The highest BCUT2D eigenvalue weighted by Crippen LogP contribution is 2.40. The lowest BCUT2D eigenvalue weighted by Crippen LogP contribution is -2.24. The Kier molecular flexibility index (Phi) is 3.89. The van der Waals surface area contributed by atoms with Crippen molar-refractivity contribution < 1.29 is 9.53 Å². The molecule has 1 saturated heterocycles. The lowest BCUT2D eigenvalue weighted by Gasteiger charge is -2.14. The normalized spacial score (nSPS) is 20.1. The molecule has 2 N–H and O–H groups in total. The topological polar surface area (TPSA) is 94.0 Å². The molecule has 1 atom stereocenters. The summed E-state index contributed by atoms with van der Waals surface area (Å²) < 4.78 is 7.16. The van der Waals surface area contributed by atoms with E-state index in [4.69, 9.17) is 4.74 Å². The van der Waals surface area contributed by atoms with Crippen molar-refractivity contribution in [3.8, 4) is 11.4 Å². The van der Waals surface area contributed by atoms with Gasteiger partial charge in [0.15, 0.2) is 5.82 Å². The number of amides is 1. The molecule has 2 fully saturated rings. The van der Waals surface area contributed by atoms with Crippen molar-refractivity contribution in [1.29, 1.82) is 0 Å². The molecule has 1 unspecified atom stereocenters. The molecule has 0 spiro atoms. The summed E-state index contributed by atoms with van der Waals surface area (Å²) in [7, 11) is 1.61. The van der Waals surface area contributed by atoms with Gasteiger partial charge in [0.1, 0.15) is 11.4 Å². The number of rotatable bonds is 5. The molecule has 2 heterocycles. The molecule has 1 aromatic heterocycles. The van der Waals surface area contributed by atoms with Gasteiger partial charge in [-0.1, -0.05) is 0 Å². The van der Waals surface area contributed by atoms with Crippen LogP contribution in [-0.4, -0.2) is 46.3 Å². The van der Waals surface area contributed by atoms with Gasteiger partial charge in [0.2, 0.25) is 5.91 Å². The third kappa shape index (κ3) is 2.84. The van der Waals surface area contributed by atoms with Crippen molar-refractivity contribution >= 4 is 11.6 Å². The number of aromatic nitrogens is 4. The third-order valence-corrected chi connectivity index (χ3v) is 4.54. The van der Waals surface area contributed by atoms with Crippen molar-refractivity contribution in [3.05, 3.63) is 24.0 Å². The molecule has 1 saturated carbocycles. The number of ether oxygens (including phenoxy) is 1. The fourth-order valence-electron chi connectivity index (χ4n) is 3.02. The Bertz CT molecular complexity index is 749. The van der Waals surface area contributed by atoms with Gasteiger partial charge in [0.05, 0.1) is 13.0 Å². The van der Waals surface area contributed by atoms with Crippen LogP contribution < -0.4 is 15.4 Å². The number of tetrazole rings is 1. The first-order valence-corrected chi connectivity index (χ1v) is 8.24. The van der Waals surface area contributed by atoms with Gasteiger partial charge in [-0.2, -0.15) is 4.68 Å². The van der Waals surface area contributed by atoms with Gasteiger partial charge in [-0.05, 0) is 54.4 Å². The molecule has 126 valence electrons. The van der Waals surface area contributed by atoms with E-state index < -0.39 is 0 Å². The van der Waals surface area contributed by atoms with Crippen LogP contribution in [0.5, 0.6) is 5.75 Å². The summed E-state index contributed by atoms with van der Waals surface area (Å²) in [6, 6.07) is 5.53. The third-order valence-electron chi connectivity index (χ3n) is 4.54. The summed E-state index contributed by atoms with van der Waals surface area (Å²) in [6.07, 6.45) is 3.08. The van der Waals surface area contributed by atoms with Gasteiger partial charge < -0.3 is 15.4 Å². The molecule has 1 amide bonds. The number of hydrogen-bond donors (Lipinski definition) is 2. The van der Waals surface area contributed by atoms with Gasteiger partial charge in [0, 0.05) is 18.2 Å². The van der Waals surface area contributed by atoms with Crippen LogP contribution in [0.3, 0.4) is 0 Å². The lowest BCUT2D eigenvalue weighted by atomic mass is 10.1. The smallest absolute Gasteiger partial charge is 0.228 e. The van der Waals surface area contributed by atoms with Gasteiger partial charge in [-0.25, -0.2) is 0 Å². The minimum Gasteiger partial charge on any atom is -0.494 e. The lowest BCUT2D eigenvalue weighted by molar-refractivity contribution is -0.119. The molecular formula is C16H20N6O2. The zero-order valence-electron chi connectivity index (χ0n) is 13.5. The number of carbonyl (C=O) groups is 1. The number of carbonyl (C=O) groups excluding carboxylic acids is 1. The summed E-state index contributed by atoms with van der Waals surface area (Å²) in [6.45, 7) is 1.62. The number of hydrogen-bond acceptors (Lipinski definition) is 6. The molecule has 4 rings (SSSR count). The van der Waals surface area contributed by atoms with Gasteiger partial charge >= 0.3 is 0 Å². The molecule has 0 bridgehead atoms. The first-order chi connectivity index (χ1) is 11.8. The molecule has 8 nitrogen and oxygen atoms in total. The Morgan fingerprint density at radius 2 is 2.25 bits per heavy atom. The molecule has 1 aliphatic heterocycles. The highest BCUT2D eigenvalue weighted by Gasteiger charge is 2.31. The monoisotopic (exact) mass is 328 g/mol. The molecule has 8 heteroatoms. The van der Waals surface area contributed by atoms with E-state index in [-0.39, 0.29) is 11.8 Å². The Balaban J connectivity index is 1.63. The summed E-state index contributed by atoms with van der Waals surface area (Å²) in [5.74, 6) is 1.98. The quantitative estimate of drug-likeness (QED) is 0.853. The van der Waals surface area contributed by atoms with Crippen LogP contribution >= 0.6 is 0 Å². The summed E-state index contributed by atoms with van der Waals surface area (Å²) in [4.78, 5) is 12.3. The maximum absolute atomic E-state index is 12.3. The highest BCUT2D eigenvalue weighted by molar-refractivity contribution is 5.93. The standard InChI is InChI=1S/C16H20N6O2/c1-24-14-5-4-12(18-16(23)11-6-7-17-9-11)8-13(14)22-15(10-2-3-10)19-20-21-22/h4-5,8,10-11,17H,2-3,6-7,9H2,1H3,(H,18,23). The number of benzene rings is 1. The van der Waals surface area contributed by atoms with Crippen molar-refractivity contribution in [1.82, 2.24) is 25.5 Å². The Hall–Kier alpha value is -2.48. The molecule has 1 aromatic carbocycles. The van der Waals surface area contributed by atoms with E-state index in [9.17, 15) is 4.79 Å². The Labute approximate surface area is 139 Å². The average Bonchev–Trinajstić information content (AvgIpc) is 3.11. The molecule has 2 aromatic rings. The first-order valence-electron chi connectivity index (χ1n) is 8.24. The SMILES string of the molecule is COc1ccc(NC(=O)C2CCNC2)cc1-n1nnnc1C1CC1. The predicted octanol–water partition coefficient (Wildman–Crippen LogP) is 1.10. The number of nitrogens with zero attached hydrogens (tertiary/aromatic N) is 4. The van der Waals surface area contributed by atoms with Crippen LogP contribution in [0.15, 0.2) is 18.2 Å². The van der Waals surface area contributed by atoms with Gasteiger partial charge in [-0.3, -0.25) is 4.79 Å². The molecule has 2 aliphatic rings. The minimum atomic E-state index is 0.0191. The molecule has 24 heavy (non-hydrogen) atoms. The van der Waals surface area contributed by atoms with Crippen LogP contribution in [0, 0.1) is 5.92 Å².